The third-order valence-electron chi connectivity index (χ3n) is 4.65. The highest BCUT2D eigenvalue weighted by molar-refractivity contribution is 6.06. The Morgan fingerprint density at radius 3 is 2.79 bits per heavy atom. The minimum absolute atomic E-state index is 0.0625. The van der Waals surface area contributed by atoms with Crippen LogP contribution in [0.4, 0.5) is 0 Å². The third kappa shape index (κ3) is 2.86. The fourth-order valence-electron chi connectivity index (χ4n) is 3.61. The van der Waals surface area contributed by atoms with Gasteiger partial charge < -0.3 is 10.6 Å². The summed E-state index contributed by atoms with van der Waals surface area (Å²) in [4.78, 5) is 30.9. The molecule has 3 rings (SSSR count). The van der Waals surface area contributed by atoms with Crippen molar-refractivity contribution in [2.75, 3.05) is 6.54 Å². The van der Waals surface area contributed by atoms with Crippen LogP contribution in [0.3, 0.4) is 0 Å². The Bertz CT molecular complexity index is 811. The lowest BCUT2D eigenvalue weighted by Gasteiger charge is -2.35. The van der Waals surface area contributed by atoms with Crippen LogP contribution in [0.15, 0.2) is 6.07 Å². The Morgan fingerprint density at radius 1 is 1.33 bits per heavy atom. The van der Waals surface area contributed by atoms with E-state index in [9.17, 15) is 9.59 Å². The molecule has 1 aliphatic heterocycles. The molecule has 2 aromatic rings. The molecule has 1 atom stereocenters. The molecule has 0 spiro atoms. The van der Waals surface area contributed by atoms with E-state index in [2.05, 4.69) is 10.1 Å². The van der Waals surface area contributed by atoms with Crippen molar-refractivity contribution in [2.24, 2.45) is 12.8 Å². The number of hydrogen-bond acceptors (Lipinski definition) is 4. The number of nitrogens with zero attached hydrogens (tertiary/aromatic N) is 4. The lowest BCUT2D eigenvalue weighted by Crippen LogP contribution is -2.45. The maximum absolute atomic E-state index is 13.2. The van der Waals surface area contributed by atoms with E-state index in [1.807, 2.05) is 27.0 Å². The molecule has 7 nitrogen and oxygen atoms in total. The Labute approximate surface area is 140 Å². The standard InChI is InChI=1S/C17H23N5O2/c1-10-8-13(15-11(2)20-21(3)16(15)19-10)17(24)22-7-5-4-6-12(22)9-14(18)23/h8,12H,4-7,9H2,1-3H3,(H2,18,23)/t12-/m0/s1. The number of hydrogen-bond donors (Lipinski definition) is 1. The number of carbonyl (C=O) groups excluding carboxylic acids is 2. The summed E-state index contributed by atoms with van der Waals surface area (Å²) >= 11 is 0. The van der Waals surface area contributed by atoms with Crippen LogP contribution in [-0.4, -0.2) is 44.1 Å². The summed E-state index contributed by atoms with van der Waals surface area (Å²) in [6, 6.07) is 1.69. The fraction of sp³-hybridized carbons (Fsp3) is 0.529. The van der Waals surface area contributed by atoms with Crippen molar-refractivity contribution in [1.29, 1.82) is 0 Å². The molecule has 2 N–H and O–H groups in total. The van der Waals surface area contributed by atoms with Crippen LogP contribution in [-0.2, 0) is 11.8 Å². The molecule has 0 unspecified atom stereocenters. The SMILES string of the molecule is Cc1cc(C(=O)N2CCCC[C@H]2CC(N)=O)c2c(C)nn(C)c2n1. The number of carbonyl (C=O) groups is 2. The van der Waals surface area contributed by atoms with Crippen LogP contribution >= 0.6 is 0 Å². The van der Waals surface area contributed by atoms with Crippen LogP contribution in [0.5, 0.6) is 0 Å². The summed E-state index contributed by atoms with van der Waals surface area (Å²) in [7, 11) is 1.83. The van der Waals surface area contributed by atoms with Gasteiger partial charge in [-0.2, -0.15) is 5.10 Å². The molecule has 1 saturated heterocycles. The smallest absolute Gasteiger partial charge is 0.255 e. The van der Waals surface area contributed by atoms with Crippen molar-refractivity contribution < 1.29 is 9.59 Å². The zero-order valence-electron chi connectivity index (χ0n) is 14.4. The van der Waals surface area contributed by atoms with Gasteiger partial charge in [-0.05, 0) is 39.2 Å². The Balaban J connectivity index is 2.05. The summed E-state index contributed by atoms with van der Waals surface area (Å²) in [5.74, 6) is -0.430. The van der Waals surface area contributed by atoms with Gasteiger partial charge >= 0.3 is 0 Å². The number of piperidine rings is 1. The van der Waals surface area contributed by atoms with Gasteiger partial charge in [0, 0.05) is 31.7 Å². The average molecular weight is 329 g/mol. The monoisotopic (exact) mass is 329 g/mol. The molecule has 2 amide bonds. The molecule has 1 aliphatic rings. The van der Waals surface area contributed by atoms with E-state index in [1.54, 1.807) is 9.58 Å². The van der Waals surface area contributed by atoms with Crippen LogP contribution < -0.4 is 5.73 Å². The van der Waals surface area contributed by atoms with Crippen LogP contribution in [0.25, 0.3) is 11.0 Å². The second-order valence-corrected chi connectivity index (χ2v) is 6.54. The summed E-state index contributed by atoms with van der Waals surface area (Å²) in [5.41, 5.74) is 8.24. The van der Waals surface area contributed by atoms with Crippen molar-refractivity contribution in [3.05, 3.63) is 23.0 Å². The van der Waals surface area contributed by atoms with Crippen molar-refractivity contribution in [3.8, 4) is 0 Å². The number of rotatable bonds is 3. The Kier molecular flexibility index (Phi) is 4.26. The predicted molar refractivity (Wildman–Crippen MR) is 90.5 cm³/mol. The van der Waals surface area contributed by atoms with Gasteiger partial charge in [0.1, 0.15) is 0 Å². The first-order valence-electron chi connectivity index (χ1n) is 8.28. The predicted octanol–water partition coefficient (Wildman–Crippen LogP) is 1.46. The lowest BCUT2D eigenvalue weighted by atomic mass is 9.97. The third-order valence-corrected chi connectivity index (χ3v) is 4.65. The summed E-state index contributed by atoms with van der Waals surface area (Å²) < 4.78 is 1.70. The van der Waals surface area contributed by atoms with Crippen LogP contribution in [0.2, 0.25) is 0 Å². The normalized spacial score (nSPS) is 18.1. The molecule has 0 bridgehead atoms. The number of amides is 2. The van der Waals surface area contributed by atoms with Gasteiger partial charge in [-0.15, -0.1) is 0 Å². The number of nitrogens with two attached hydrogens (primary N) is 1. The summed E-state index contributed by atoms with van der Waals surface area (Å²) in [6.07, 6.45) is 2.98. The molecule has 3 heterocycles. The number of primary amides is 1. The summed E-state index contributed by atoms with van der Waals surface area (Å²) in [6.45, 7) is 4.40. The molecule has 7 heteroatoms. The van der Waals surface area contributed by atoms with Gasteiger partial charge in [-0.1, -0.05) is 0 Å². The number of aromatic nitrogens is 3. The Hall–Kier alpha value is -2.44. The van der Waals surface area contributed by atoms with Crippen molar-refractivity contribution >= 4 is 22.8 Å². The molecule has 1 fully saturated rings. The van der Waals surface area contributed by atoms with E-state index in [-0.39, 0.29) is 24.3 Å². The molecule has 0 radical (unpaired) electrons. The molecule has 0 saturated carbocycles. The quantitative estimate of drug-likeness (QED) is 0.922. The maximum Gasteiger partial charge on any atom is 0.255 e. The van der Waals surface area contributed by atoms with Gasteiger partial charge in [0.2, 0.25) is 5.91 Å². The van der Waals surface area contributed by atoms with Gasteiger partial charge in [0.15, 0.2) is 5.65 Å². The number of fused-ring (bicyclic) bond motifs is 1. The number of pyridine rings is 1. The maximum atomic E-state index is 13.2. The first kappa shape index (κ1) is 16.4. The van der Waals surface area contributed by atoms with Gasteiger partial charge in [0.25, 0.3) is 5.91 Å². The molecular weight excluding hydrogens is 306 g/mol. The fourth-order valence-corrected chi connectivity index (χ4v) is 3.61. The Morgan fingerprint density at radius 2 is 2.08 bits per heavy atom. The minimum Gasteiger partial charge on any atom is -0.370 e. The minimum atomic E-state index is -0.367. The number of aryl methyl sites for hydroxylation is 3. The van der Waals surface area contributed by atoms with Crippen molar-refractivity contribution in [2.45, 2.75) is 45.6 Å². The van der Waals surface area contributed by atoms with E-state index in [0.717, 1.165) is 36.0 Å². The zero-order chi connectivity index (χ0) is 17.4. The van der Waals surface area contributed by atoms with Crippen LogP contribution in [0.1, 0.15) is 47.4 Å². The van der Waals surface area contributed by atoms with E-state index >= 15 is 0 Å². The van der Waals surface area contributed by atoms with Gasteiger partial charge in [-0.3, -0.25) is 14.3 Å². The largest absolute Gasteiger partial charge is 0.370 e. The van der Waals surface area contributed by atoms with E-state index in [4.69, 9.17) is 5.73 Å². The van der Waals surface area contributed by atoms with Crippen molar-refractivity contribution in [3.63, 3.8) is 0 Å². The topological polar surface area (TPSA) is 94.1 Å². The molecule has 0 aromatic carbocycles. The van der Waals surface area contributed by atoms with Gasteiger partial charge in [-0.25, -0.2) is 4.98 Å². The average Bonchev–Trinajstić information content (AvgIpc) is 2.80. The van der Waals surface area contributed by atoms with E-state index in [1.165, 1.54) is 0 Å². The molecule has 24 heavy (non-hydrogen) atoms. The second-order valence-electron chi connectivity index (χ2n) is 6.54. The highest BCUT2D eigenvalue weighted by atomic mass is 16.2. The summed E-state index contributed by atoms with van der Waals surface area (Å²) in [5, 5.41) is 5.18. The van der Waals surface area contributed by atoms with E-state index in [0.29, 0.717) is 17.8 Å². The molecule has 128 valence electrons. The first-order valence-corrected chi connectivity index (χ1v) is 8.28. The van der Waals surface area contributed by atoms with Crippen molar-refractivity contribution in [1.82, 2.24) is 19.7 Å². The number of likely N-dealkylation sites (tertiary alicyclic amines) is 1. The molecular formula is C17H23N5O2. The highest BCUT2D eigenvalue weighted by Crippen LogP contribution is 2.27. The van der Waals surface area contributed by atoms with E-state index < -0.39 is 0 Å². The second kappa shape index (κ2) is 6.22. The van der Waals surface area contributed by atoms with Crippen LogP contribution in [0, 0.1) is 13.8 Å². The highest BCUT2D eigenvalue weighted by Gasteiger charge is 2.30. The lowest BCUT2D eigenvalue weighted by molar-refractivity contribution is -0.119. The molecule has 0 aliphatic carbocycles. The van der Waals surface area contributed by atoms with Gasteiger partial charge in [0.05, 0.1) is 16.6 Å². The molecule has 2 aromatic heterocycles. The first-order chi connectivity index (χ1) is 11.4. The zero-order valence-corrected chi connectivity index (χ0v) is 14.4.